The summed E-state index contributed by atoms with van der Waals surface area (Å²) in [6.07, 6.45) is 2.83. The molecule has 0 saturated carbocycles. The fourth-order valence-electron chi connectivity index (χ4n) is 3.70. The molecule has 0 aliphatic rings. The fraction of sp³-hybridized carbons (Fsp3) is 0.531. The van der Waals surface area contributed by atoms with Crippen LogP contribution in [0.2, 0.25) is 0 Å². The number of carboxylic acids is 1. The predicted octanol–water partition coefficient (Wildman–Crippen LogP) is 7.65. The molecule has 2 aromatic carbocycles. The molecule has 3 heteroatoms. The highest BCUT2D eigenvalue weighted by Gasteiger charge is 2.29. The van der Waals surface area contributed by atoms with Crippen LogP contribution in [0.15, 0.2) is 54.6 Å². The Morgan fingerprint density at radius 1 is 0.914 bits per heavy atom. The quantitative estimate of drug-likeness (QED) is 0.376. The summed E-state index contributed by atoms with van der Waals surface area (Å²) in [5.41, 5.74) is 4.57. The molecule has 35 heavy (non-hydrogen) atoms. The maximum atomic E-state index is 11.2. The second kappa shape index (κ2) is 11.9. The first-order valence-electron chi connectivity index (χ1n) is 12.9. The number of rotatable bonds is 9. The summed E-state index contributed by atoms with van der Waals surface area (Å²) in [4.78, 5) is 10.3. The molecule has 0 radical (unpaired) electrons. The number of phenolic OH excluding ortho intramolecular Hbond substituents is 1. The maximum Gasteiger partial charge on any atom is 0.123 e. The summed E-state index contributed by atoms with van der Waals surface area (Å²) >= 11 is 0. The van der Waals surface area contributed by atoms with Gasteiger partial charge in [0.2, 0.25) is 0 Å². The molecule has 0 aliphatic heterocycles. The number of carbonyl (C=O) groups is 1. The largest absolute Gasteiger partial charge is 0.545 e. The molecule has 0 aromatic heterocycles. The molecule has 1 atom stereocenters. The van der Waals surface area contributed by atoms with Gasteiger partial charge in [-0.15, -0.1) is 0 Å². The third-order valence-corrected chi connectivity index (χ3v) is 8.13. The SMILES string of the molecule is C=C(C(=O)[O-])C(C)(C)CC.CCC(C)(C)c1cc(C(C)c2ccccc2)c(O)c(C(C)(C)CC)c1. The summed E-state index contributed by atoms with van der Waals surface area (Å²) in [5, 5.41) is 21.4. The lowest BCUT2D eigenvalue weighted by molar-refractivity contribution is -0.300. The van der Waals surface area contributed by atoms with E-state index >= 15 is 0 Å². The molecule has 0 bridgehead atoms. The number of carboxylic acid groups (broad SMARTS) is 1. The van der Waals surface area contributed by atoms with Crippen LogP contribution < -0.4 is 5.11 Å². The summed E-state index contributed by atoms with van der Waals surface area (Å²) in [5.74, 6) is -0.508. The molecule has 1 unspecified atom stereocenters. The van der Waals surface area contributed by atoms with Crippen molar-refractivity contribution < 1.29 is 15.0 Å². The Morgan fingerprint density at radius 2 is 1.43 bits per heavy atom. The van der Waals surface area contributed by atoms with Crippen molar-refractivity contribution >= 4 is 5.97 Å². The smallest absolute Gasteiger partial charge is 0.123 e. The van der Waals surface area contributed by atoms with E-state index in [1.54, 1.807) is 0 Å². The van der Waals surface area contributed by atoms with E-state index in [-0.39, 0.29) is 27.7 Å². The Kier molecular flexibility index (Phi) is 10.4. The standard InChI is InChI=1S/C24H34O.C8H14O2/c1-8-23(4,5)19-15-20(17(3)18-13-11-10-12-14-18)22(25)21(16-19)24(6,7)9-2;1-5-8(3,4)6(2)7(9)10/h10-17,25H,8-9H2,1-7H3;2,5H2,1,3-4H3,(H,9,10)/p-1. The normalized spacial score (nSPS) is 13.0. The zero-order valence-electron chi connectivity index (χ0n) is 23.7. The lowest BCUT2D eigenvalue weighted by atomic mass is 9.73. The molecular formula is C32H47O3-. The Bertz CT molecular complexity index is 997. The molecule has 2 aromatic rings. The average molecular weight is 480 g/mol. The third-order valence-electron chi connectivity index (χ3n) is 8.13. The van der Waals surface area contributed by atoms with Gasteiger partial charge in [0.25, 0.3) is 0 Å². The lowest BCUT2D eigenvalue weighted by Crippen LogP contribution is -2.31. The Balaban J connectivity index is 0.000000518. The van der Waals surface area contributed by atoms with Gasteiger partial charge in [0.05, 0.1) is 5.97 Å². The van der Waals surface area contributed by atoms with Crippen LogP contribution >= 0.6 is 0 Å². The topological polar surface area (TPSA) is 60.4 Å². The van der Waals surface area contributed by atoms with Crippen molar-refractivity contribution in [1.29, 1.82) is 0 Å². The van der Waals surface area contributed by atoms with Gasteiger partial charge < -0.3 is 15.0 Å². The molecule has 0 fully saturated rings. The van der Waals surface area contributed by atoms with Crippen molar-refractivity contribution in [1.82, 2.24) is 0 Å². The van der Waals surface area contributed by atoms with Gasteiger partial charge in [-0.25, -0.2) is 0 Å². The first kappa shape index (κ1) is 30.5. The molecule has 0 saturated heterocycles. The predicted molar refractivity (Wildman–Crippen MR) is 147 cm³/mol. The van der Waals surface area contributed by atoms with E-state index in [1.165, 1.54) is 11.1 Å². The van der Waals surface area contributed by atoms with E-state index in [1.807, 2.05) is 26.8 Å². The van der Waals surface area contributed by atoms with Crippen LogP contribution in [0.25, 0.3) is 0 Å². The number of aromatic hydroxyl groups is 1. The fourth-order valence-corrected chi connectivity index (χ4v) is 3.70. The van der Waals surface area contributed by atoms with Crippen molar-refractivity contribution in [3.8, 4) is 5.75 Å². The first-order valence-corrected chi connectivity index (χ1v) is 12.9. The second-order valence-electron chi connectivity index (χ2n) is 11.6. The molecule has 1 N–H and O–H groups in total. The monoisotopic (exact) mass is 479 g/mol. The van der Waals surface area contributed by atoms with Crippen LogP contribution in [0.4, 0.5) is 0 Å². The van der Waals surface area contributed by atoms with Gasteiger partial charge in [0, 0.05) is 17.0 Å². The minimum absolute atomic E-state index is 0.0466. The minimum atomic E-state index is -1.15. The van der Waals surface area contributed by atoms with Crippen molar-refractivity contribution in [2.45, 2.75) is 105 Å². The molecule has 2 rings (SSSR count). The van der Waals surface area contributed by atoms with Crippen molar-refractivity contribution in [3.05, 3.63) is 76.9 Å². The zero-order valence-corrected chi connectivity index (χ0v) is 23.7. The van der Waals surface area contributed by atoms with Gasteiger partial charge in [0.15, 0.2) is 0 Å². The van der Waals surface area contributed by atoms with Crippen LogP contribution in [0.1, 0.15) is 117 Å². The summed E-state index contributed by atoms with van der Waals surface area (Å²) < 4.78 is 0. The van der Waals surface area contributed by atoms with Gasteiger partial charge in [-0.3, -0.25) is 0 Å². The molecule has 0 amide bonds. The van der Waals surface area contributed by atoms with Crippen LogP contribution in [0.3, 0.4) is 0 Å². The number of hydrogen-bond acceptors (Lipinski definition) is 3. The number of benzene rings is 2. The summed E-state index contributed by atoms with van der Waals surface area (Å²) in [7, 11) is 0. The van der Waals surface area contributed by atoms with Gasteiger partial charge in [-0.1, -0.05) is 118 Å². The Hall–Kier alpha value is -2.55. The van der Waals surface area contributed by atoms with Crippen LogP contribution in [-0.4, -0.2) is 11.1 Å². The van der Waals surface area contributed by atoms with Gasteiger partial charge in [-0.05, 0) is 52.2 Å². The first-order chi connectivity index (χ1) is 16.1. The number of phenols is 1. The van der Waals surface area contributed by atoms with E-state index in [0.717, 1.165) is 30.4 Å². The van der Waals surface area contributed by atoms with Gasteiger partial charge in [0.1, 0.15) is 5.75 Å². The Morgan fingerprint density at radius 3 is 1.83 bits per heavy atom. The van der Waals surface area contributed by atoms with E-state index in [0.29, 0.717) is 5.75 Å². The van der Waals surface area contributed by atoms with Crippen molar-refractivity contribution in [3.63, 3.8) is 0 Å². The summed E-state index contributed by atoms with van der Waals surface area (Å²) in [6, 6.07) is 14.9. The van der Waals surface area contributed by atoms with E-state index in [9.17, 15) is 15.0 Å². The van der Waals surface area contributed by atoms with Crippen LogP contribution in [-0.2, 0) is 15.6 Å². The maximum absolute atomic E-state index is 11.2. The van der Waals surface area contributed by atoms with Crippen LogP contribution in [0.5, 0.6) is 5.75 Å². The Labute approximate surface area is 214 Å². The number of carbonyl (C=O) groups excluding carboxylic acids is 1. The molecule has 0 heterocycles. The zero-order chi connectivity index (χ0) is 27.2. The number of hydrogen-bond donors (Lipinski definition) is 1. The highest BCUT2D eigenvalue weighted by Crippen LogP contribution is 2.43. The van der Waals surface area contributed by atoms with E-state index in [4.69, 9.17) is 0 Å². The van der Waals surface area contributed by atoms with Crippen LogP contribution in [0, 0.1) is 5.41 Å². The van der Waals surface area contributed by atoms with Gasteiger partial charge in [-0.2, -0.15) is 0 Å². The average Bonchev–Trinajstić information content (AvgIpc) is 2.83. The van der Waals surface area contributed by atoms with Gasteiger partial charge >= 0.3 is 0 Å². The third kappa shape index (κ3) is 7.46. The van der Waals surface area contributed by atoms with E-state index in [2.05, 4.69) is 91.4 Å². The van der Waals surface area contributed by atoms with Crippen molar-refractivity contribution in [2.24, 2.45) is 5.41 Å². The summed E-state index contributed by atoms with van der Waals surface area (Å²) in [6.45, 7) is 24.7. The molecule has 194 valence electrons. The van der Waals surface area contributed by atoms with E-state index < -0.39 is 5.97 Å². The molecular weight excluding hydrogens is 432 g/mol. The molecule has 0 spiro atoms. The second-order valence-corrected chi connectivity index (χ2v) is 11.6. The number of aliphatic carboxylic acids is 1. The van der Waals surface area contributed by atoms with Crippen molar-refractivity contribution in [2.75, 3.05) is 0 Å². The molecule has 0 aliphatic carbocycles. The highest BCUT2D eigenvalue weighted by atomic mass is 16.4. The lowest BCUT2D eigenvalue weighted by Gasteiger charge is -2.32. The minimum Gasteiger partial charge on any atom is -0.545 e. The highest BCUT2D eigenvalue weighted by molar-refractivity contribution is 5.85. The molecule has 3 nitrogen and oxygen atoms in total.